The summed E-state index contributed by atoms with van der Waals surface area (Å²) in [6.45, 7) is 4.25. The molecule has 2 heteroatoms. The summed E-state index contributed by atoms with van der Waals surface area (Å²) < 4.78 is 4.50. The maximum Gasteiger partial charge on any atom is 0.118 e. The van der Waals surface area contributed by atoms with Gasteiger partial charge in [-0.05, 0) is 24.5 Å². The van der Waals surface area contributed by atoms with E-state index in [1.54, 1.807) is 6.07 Å². The molecule has 1 aliphatic heterocycles. The maximum atomic E-state index is 9.58. The largest absolute Gasteiger partial charge is 0.508 e. The fourth-order valence-electron chi connectivity index (χ4n) is 2.38. The van der Waals surface area contributed by atoms with Crippen LogP contribution in [0.3, 0.4) is 0 Å². The smallest absolute Gasteiger partial charge is 0.118 e. The molecule has 0 aliphatic carbocycles. The second kappa shape index (κ2) is 15.7. The van der Waals surface area contributed by atoms with Crippen LogP contribution in [0.2, 0.25) is 0 Å². The van der Waals surface area contributed by atoms with Gasteiger partial charge < -0.3 is 9.84 Å². The maximum absolute atomic E-state index is 9.58. The van der Waals surface area contributed by atoms with Gasteiger partial charge in [-0.25, -0.2) is 0 Å². The number of epoxide rings is 1. The van der Waals surface area contributed by atoms with E-state index in [1.807, 2.05) is 54.6 Å². The lowest BCUT2D eigenvalue weighted by Crippen LogP contribution is -1.87. The Balaban J connectivity index is 0.000000279. The summed E-state index contributed by atoms with van der Waals surface area (Å²) in [5, 5.41) is 9.58. The first-order valence-corrected chi connectivity index (χ1v) is 9.69. The number of aryl methyl sites for hydroxylation is 1. The van der Waals surface area contributed by atoms with E-state index in [0.717, 1.165) is 25.2 Å². The minimum absolute atomic E-state index is 0.452. The van der Waals surface area contributed by atoms with Gasteiger partial charge in [-0.2, -0.15) is 0 Å². The number of ether oxygens (including phenoxy) is 1. The highest BCUT2D eigenvalue weighted by molar-refractivity contribution is 5.31. The van der Waals surface area contributed by atoms with E-state index in [2.05, 4.69) is 11.7 Å². The fourth-order valence-corrected chi connectivity index (χ4v) is 2.38. The average Bonchev–Trinajstić information content (AvgIpc) is 3.54. The predicted octanol–water partition coefficient (Wildman–Crippen LogP) is 6.39. The molecule has 1 N–H and O–H groups in total. The number of hydrogen-bond acceptors (Lipinski definition) is 2. The third-order valence-corrected chi connectivity index (χ3v) is 3.91. The number of phenols is 1. The van der Waals surface area contributed by atoms with Crippen LogP contribution in [0.25, 0.3) is 0 Å². The van der Waals surface area contributed by atoms with Crippen molar-refractivity contribution < 1.29 is 9.84 Å². The van der Waals surface area contributed by atoms with Gasteiger partial charge in [0, 0.05) is 0 Å². The zero-order chi connectivity index (χ0) is 18.0. The molecule has 1 saturated heterocycles. The number of para-hydroxylation sites is 1. The van der Waals surface area contributed by atoms with Crippen LogP contribution in [0.5, 0.6) is 5.75 Å². The third kappa shape index (κ3) is 14.3. The Bertz CT molecular complexity index is 479. The van der Waals surface area contributed by atoms with Crippen molar-refractivity contribution in [3.63, 3.8) is 0 Å². The highest BCUT2D eigenvalue weighted by Gasteiger charge is 1.98. The van der Waals surface area contributed by atoms with Crippen LogP contribution in [-0.4, -0.2) is 18.3 Å². The van der Waals surface area contributed by atoms with E-state index in [1.165, 1.54) is 44.9 Å². The molecule has 0 radical (unpaired) electrons. The molecule has 1 fully saturated rings. The summed E-state index contributed by atoms with van der Waals surface area (Å²) in [5.41, 5.74) is 1.09. The molecule has 0 atom stereocenters. The van der Waals surface area contributed by atoms with Crippen LogP contribution in [-0.2, 0) is 11.2 Å². The van der Waals surface area contributed by atoms with E-state index >= 15 is 0 Å². The summed E-state index contributed by atoms with van der Waals surface area (Å²) in [6, 6.07) is 19.7. The van der Waals surface area contributed by atoms with Gasteiger partial charge in [-0.1, -0.05) is 100 Å². The van der Waals surface area contributed by atoms with Gasteiger partial charge in [-0.3, -0.25) is 0 Å². The molecule has 0 aromatic heterocycles. The highest BCUT2D eigenvalue weighted by atomic mass is 16.6. The summed E-state index contributed by atoms with van der Waals surface area (Å²) in [4.78, 5) is 0. The van der Waals surface area contributed by atoms with Crippen LogP contribution >= 0.6 is 0 Å². The Morgan fingerprint density at radius 3 is 1.68 bits per heavy atom. The Labute approximate surface area is 153 Å². The predicted molar refractivity (Wildman–Crippen MR) is 107 cm³/mol. The third-order valence-electron chi connectivity index (χ3n) is 3.91. The minimum Gasteiger partial charge on any atom is -0.508 e. The Morgan fingerprint density at radius 1 is 0.720 bits per heavy atom. The van der Waals surface area contributed by atoms with Crippen molar-refractivity contribution in [1.82, 2.24) is 0 Å². The molecule has 138 valence electrons. The fraction of sp³-hybridized carbons (Fsp3) is 0.478. The summed E-state index contributed by atoms with van der Waals surface area (Å²) in [6.07, 6.45) is 10.3. The first kappa shape index (κ1) is 21.2. The highest BCUT2D eigenvalue weighted by Crippen LogP contribution is 2.18. The lowest BCUT2D eigenvalue weighted by atomic mass is 10.0. The summed E-state index contributed by atoms with van der Waals surface area (Å²) in [7, 11) is 0. The SMILES string of the molecule is C1CO1.CCCCCCCCCc1ccccc1O.c1ccccc1. The van der Waals surface area contributed by atoms with E-state index in [9.17, 15) is 5.11 Å². The second-order valence-corrected chi connectivity index (χ2v) is 6.27. The standard InChI is InChI=1S/C15H24O.C6H6.C2H4O/c1-2-3-4-5-6-7-8-11-14-12-9-10-13-15(14)16;1-2-4-6-5-3-1;1-2-3-1/h9-10,12-13,16H,2-8,11H2,1H3;1-6H;1-2H2. The summed E-state index contributed by atoms with van der Waals surface area (Å²) in [5.74, 6) is 0.452. The number of rotatable bonds is 8. The van der Waals surface area contributed by atoms with Crippen LogP contribution in [0, 0.1) is 0 Å². The second-order valence-electron chi connectivity index (χ2n) is 6.27. The average molecular weight is 343 g/mol. The van der Waals surface area contributed by atoms with Gasteiger partial charge >= 0.3 is 0 Å². The molecule has 3 rings (SSSR count). The first-order valence-electron chi connectivity index (χ1n) is 9.69. The van der Waals surface area contributed by atoms with Crippen LogP contribution in [0.1, 0.15) is 57.4 Å². The number of phenolic OH excluding ortho intramolecular Hbond substituents is 1. The monoisotopic (exact) mass is 342 g/mol. The molecule has 2 aromatic carbocycles. The molecule has 0 bridgehead atoms. The molecule has 0 saturated carbocycles. The van der Waals surface area contributed by atoms with Crippen molar-refractivity contribution in [1.29, 1.82) is 0 Å². The van der Waals surface area contributed by atoms with Crippen molar-refractivity contribution in [2.24, 2.45) is 0 Å². The molecule has 1 aliphatic rings. The molecular weight excluding hydrogens is 308 g/mol. The molecule has 2 aromatic rings. The number of benzene rings is 2. The lowest BCUT2D eigenvalue weighted by Gasteiger charge is -2.04. The van der Waals surface area contributed by atoms with Gasteiger partial charge in [0.25, 0.3) is 0 Å². The Morgan fingerprint density at radius 2 is 1.20 bits per heavy atom. The van der Waals surface area contributed by atoms with E-state index in [-0.39, 0.29) is 0 Å². The van der Waals surface area contributed by atoms with Crippen LogP contribution in [0.4, 0.5) is 0 Å². The van der Waals surface area contributed by atoms with Gasteiger partial charge in [0.15, 0.2) is 0 Å². The van der Waals surface area contributed by atoms with Crippen LogP contribution < -0.4 is 0 Å². The minimum atomic E-state index is 0.452. The quantitative estimate of drug-likeness (QED) is 0.445. The molecule has 1 heterocycles. The van der Waals surface area contributed by atoms with E-state index < -0.39 is 0 Å². The molecule has 0 spiro atoms. The molecule has 2 nitrogen and oxygen atoms in total. The van der Waals surface area contributed by atoms with Crippen molar-refractivity contribution in [3.8, 4) is 5.75 Å². The van der Waals surface area contributed by atoms with Crippen molar-refractivity contribution in [2.45, 2.75) is 58.3 Å². The van der Waals surface area contributed by atoms with Crippen molar-refractivity contribution in [2.75, 3.05) is 13.2 Å². The zero-order valence-electron chi connectivity index (χ0n) is 15.7. The zero-order valence-corrected chi connectivity index (χ0v) is 15.7. The normalized spacial score (nSPS) is 11.6. The van der Waals surface area contributed by atoms with Gasteiger partial charge in [0.1, 0.15) is 5.75 Å². The molecule has 0 amide bonds. The first-order chi connectivity index (χ1) is 12.3. The lowest BCUT2D eigenvalue weighted by molar-refractivity contribution is 0.466. The number of unbranched alkanes of at least 4 members (excludes halogenated alkanes) is 6. The van der Waals surface area contributed by atoms with E-state index in [0.29, 0.717) is 5.75 Å². The Kier molecular flexibility index (Phi) is 13.4. The van der Waals surface area contributed by atoms with Gasteiger partial charge in [-0.15, -0.1) is 0 Å². The van der Waals surface area contributed by atoms with E-state index in [4.69, 9.17) is 0 Å². The topological polar surface area (TPSA) is 32.8 Å². The van der Waals surface area contributed by atoms with Gasteiger partial charge in [0.05, 0.1) is 13.2 Å². The molecule has 25 heavy (non-hydrogen) atoms. The molecule has 0 unspecified atom stereocenters. The Hall–Kier alpha value is -1.80. The molecular formula is C23H34O2. The van der Waals surface area contributed by atoms with Gasteiger partial charge in [0.2, 0.25) is 0 Å². The number of hydrogen-bond donors (Lipinski definition) is 1. The van der Waals surface area contributed by atoms with Crippen LogP contribution in [0.15, 0.2) is 60.7 Å². The number of aromatic hydroxyl groups is 1. The summed E-state index contributed by atoms with van der Waals surface area (Å²) >= 11 is 0. The van der Waals surface area contributed by atoms with Crippen molar-refractivity contribution in [3.05, 3.63) is 66.2 Å². The van der Waals surface area contributed by atoms with Crippen molar-refractivity contribution >= 4 is 0 Å².